The molecular weight excluding hydrogens is 190 g/mol. The summed E-state index contributed by atoms with van der Waals surface area (Å²) < 4.78 is 0. The first-order chi connectivity index (χ1) is 7.13. The van der Waals surface area contributed by atoms with Gasteiger partial charge < -0.3 is 10.4 Å². The molecule has 15 heavy (non-hydrogen) atoms. The van der Waals surface area contributed by atoms with Crippen molar-refractivity contribution in [1.82, 2.24) is 9.97 Å². The van der Waals surface area contributed by atoms with Gasteiger partial charge in [-0.25, -0.2) is 9.97 Å². The van der Waals surface area contributed by atoms with Crippen molar-refractivity contribution in [2.45, 2.75) is 26.7 Å². The van der Waals surface area contributed by atoms with Crippen LogP contribution >= 0.6 is 0 Å². The predicted octanol–water partition coefficient (Wildman–Crippen LogP) is 1.64. The van der Waals surface area contributed by atoms with Gasteiger partial charge in [-0.15, -0.1) is 0 Å². The van der Waals surface area contributed by atoms with Crippen molar-refractivity contribution < 1.29 is 5.11 Å². The van der Waals surface area contributed by atoms with Gasteiger partial charge in [-0.2, -0.15) is 0 Å². The van der Waals surface area contributed by atoms with E-state index < -0.39 is 0 Å². The minimum Gasteiger partial charge on any atom is -0.396 e. The van der Waals surface area contributed by atoms with Crippen molar-refractivity contribution in [2.75, 3.05) is 18.5 Å². The standard InChI is InChI=1S/C11H19N3O/c1-8(2)10-4-11(14-7-13-10)12-5-9(3)6-15/h4,7-9,15H,5-6H2,1-3H3,(H,12,13,14). The Kier molecular flexibility index (Phi) is 4.49. The number of aliphatic hydroxyl groups is 1. The van der Waals surface area contributed by atoms with Crippen LogP contribution in [0.5, 0.6) is 0 Å². The molecule has 0 aliphatic heterocycles. The summed E-state index contributed by atoms with van der Waals surface area (Å²) in [6.45, 7) is 7.10. The number of hydrogen-bond acceptors (Lipinski definition) is 4. The SMILES string of the molecule is CC(CO)CNc1cc(C(C)C)ncn1. The molecule has 0 saturated heterocycles. The van der Waals surface area contributed by atoms with Gasteiger partial charge in [0.2, 0.25) is 0 Å². The van der Waals surface area contributed by atoms with Crippen LogP contribution in [-0.2, 0) is 0 Å². The highest BCUT2D eigenvalue weighted by Gasteiger charge is 2.04. The Morgan fingerprint density at radius 1 is 1.33 bits per heavy atom. The third kappa shape index (κ3) is 3.83. The van der Waals surface area contributed by atoms with E-state index in [1.807, 2.05) is 13.0 Å². The number of nitrogens with one attached hydrogen (secondary N) is 1. The molecule has 4 heteroatoms. The zero-order valence-electron chi connectivity index (χ0n) is 9.57. The molecule has 0 spiro atoms. The van der Waals surface area contributed by atoms with Crippen LogP contribution in [0.1, 0.15) is 32.4 Å². The molecule has 0 saturated carbocycles. The first kappa shape index (κ1) is 11.9. The van der Waals surface area contributed by atoms with Gasteiger partial charge in [0.05, 0.1) is 0 Å². The molecule has 0 aliphatic carbocycles. The van der Waals surface area contributed by atoms with Gasteiger partial charge in [-0.05, 0) is 11.8 Å². The molecule has 84 valence electrons. The van der Waals surface area contributed by atoms with E-state index in [0.717, 1.165) is 18.1 Å². The van der Waals surface area contributed by atoms with Gasteiger partial charge in [-0.1, -0.05) is 20.8 Å². The molecule has 1 atom stereocenters. The average Bonchev–Trinajstić information content (AvgIpc) is 2.26. The topological polar surface area (TPSA) is 58.0 Å². The van der Waals surface area contributed by atoms with Crippen LogP contribution in [0.15, 0.2) is 12.4 Å². The van der Waals surface area contributed by atoms with Crippen molar-refractivity contribution in [3.05, 3.63) is 18.1 Å². The van der Waals surface area contributed by atoms with Gasteiger partial charge in [0.1, 0.15) is 12.1 Å². The fourth-order valence-corrected chi connectivity index (χ4v) is 1.13. The van der Waals surface area contributed by atoms with Crippen molar-refractivity contribution in [3.63, 3.8) is 0 Å². The zero-order valence-corrected chi connectivity index (χ0v) is 9.57. The van der Waals surface area contributed by atoms with Crippen molar-refractivity contribution in [3.8, 4) is 0 Å². The van der Waals surface area contributed by atoms with Gasteiger partial charge in [-0.3, -0.25) is 0 Å². The number of nitrogens with zero attached hydrogens (tertiary/aromatic N) is 2. The summed E-state index contributed by atoms with van der Waals surface area (Å²) in [5.41, 5.74) is 1.03. The summed E-state index contributed by atoms with van der Waals surface area (Å²) in [4.78, 5) is 8.31. The molecular formula is C11H19N3O. The van der Waals surface area contributed by atoms with Crippen molar-refractivity contribution >= 4 is 5.82 Å². The summed E-state index contributed by atoms with van der Waals surface area (Å²) in [7, 11) is 0. The van der Waals surface area contributed by atoms with Crippen LogP contribution in [0.4, 0.5) is 5.82 Å². The normalized spacial score (nSPS) is 12.9. The predicted molar refractivity (Wildman–Crippen MR) is 60.9 cm³/mol. The maximum Gasteiger partial charge on any atom is 0.129 e. The molecule has 0 aliphatic rings. The minimum atomic E-state index is 0.190. The van der Waals surface area contributed by atoms with E-state index in [9.17, 15) is 0 Å². The molecule has 0 fully saturated rings. The molecule has 2 N–H and O–H groups in total. The van der Waals surface area contributed by atoms with Gasteiger partial charge in [0.25, 0.3) is 0 Å². The van der Waals surface area contributed by atoms with Gasteiger partial charge in [0.15, 0.2) is 0 Å². The van der Waals surface area contributed by atoms with E-state index >= 15 is 0 Å². The smallest absolute Gasteiger partial charge is 0.129 e. The quantitative estimate of drug-likeness (QED) is 0.774. The number of anilines is 1. The summed E-state index contributed by atoms with van der Waals surface area (Å²) in [6, 6.07) is 1.95. The minimum absolute atomic E-state index is 0.190. The molecule has 0 bridgehead atoms. The van der Waals surface area contributed by atoms with Crippen LogP contribution in [0.3, 0.4) is 0 Å². The third-order valence-electron chi connectivity index (χ3n) is 2.22. The number of rotatable bonds is 5. The number of aromatic nitrogens is 2. The fourth-order valence-electron chi connectivity index (χ4n) is 1.13. The Labute approximate surface area is 90.8 Å². The van der Waals surface area contributed by atoms with Crippen molar-refractivity contribution in [2.24, 2.45) is 5.92 Å². The summed E-state index contributed by atoms with van der Waals surface area (Å²) in [5.74, 6) is 1.47. The zero-order chi connectivity index (χ0) is 11.3. The Morgan fingerprint density at radius 3 is 2.67 bits per heavy atom. The highest BCUT2D eigenvalue weighted by molar-refractivity contribution is 5.35. The molecule has 0 amide bonds. The highest BCUT2D eigenvalue weighted by Crippen LogP contribution is 2.13. The lowest BCUT2D eigenvalue weighted by Gasteiger charge is -2.11. The van der Waals surface area contributed by atoms with Crippen LogP contribution in [0.25, 0.3) is 0 Å². The van der Waals surface area contributed by atoms with Crippen LogP contribution in [0.2, 0.25) is 0 Å². The van der Waals surface area contributed by atoms with E-state index in [1.165, 1.54) is 0 Å². The van der Waals surface area contributed by atoms with E-state index in [0.29, 0.717) is 5.92 Å². The Morgan fingerprint density at radius 2 is 2.07 bits per heavy atom. The highest BCUT2D eigenvalue weighted by atomic mass is 16.3. The van der Waals surface area contributed by atoms with Gasteiger partial charge >= 0.3 is 0 Å². The van der Waals surface area contributed by atoms with Crippen LogP contribution in [0, 0.1) is 5.92 Å². The van der Waals surface area contributed by atoms with E-state index in [1.54, 1.807) is 6.33 Å². The molecule has 0 radical (unpaired) electrons. The fraction of sp³-hybridized carbons (Fsp3) is 0.636. The first-order valence-electron chi connectivity index (χ1n) is 5.30. The Hall–Kier alpha value is -1.16. The van der Waals surface area contributed by atoms with Crippen molar-refractivity contribution in [1.29, 1.82) is 0 Å². The maximum atomic E-state index is 8.88. The summed E-state index contributed by atoms with van der Waals surface area (Å²) in [5, 5.41) is 12.1. The van der Waals surface area contributed by atoms with E-state index in [4.69, 9.17) is 5.11 Å². The second-order valence-corrected chi connectivity index (χ2v) is 4.15. The molecule has 1 rings (SSSR count). The van der Waals surface area contributed by atoms with Crippen LogP contribution < -0.4 is 5.32 Å². The molecule has 4 nitrogen and oxygen atoms in total. The lowest BCUT2D eigenvalue weighted by Crippen LogP contribution is -2.15. The Bertz CT molecular complexity index is 302. The second-order valence-electron chi connectivity index (χ2n) is 4.15. The second kappa shape index (κ2) is 5.66. The molecule has 1 heterocycles. The van der Waals surface area contributed by atoms with Crippen LogP contribution in [-0.4, -0.2) is 28.2 Å². The number of hydrogen-bond donors (Lipinski definition) is 2. The monoisotopic (exact) mass is 209 g/mol. The first-order valence-corrected chi connectivity index (χ1v) is 5.30. The summed E-state index contributed by atoms with van der Waals surface area (Å²) in [6.07, 6.45) is 1.57. The maximum absolute atomic E-state index is 8.88. The third-order valence-corrected chi connectivity index (χ3v) is 2.22. The summed E-state index contributed by atoms with van der Waals surface area (Å²) >= 11 is 0. The average molecular weight is 209 g/mol. The lowest BCUT2D eigenvalue weighted by molar-refractivity contribution is 0.244. The largest absolute Gasteiger partial charge is 0.396 e. The molecule has 1 unspecified atom stereocenters. The Balaban J connectivity index is 2.58. The molecule has 0 aromatic carbocycles. The van der Waals surface area contributed by atoms with Gasteiger partial charge in [0, 0.05) is 24.9 Å². The lowest BCUT2D eigenvalue weighted by atomic mass is 10.1. The molecule has 1 aromatic rings. The van der Waals surface area contributed by atoms with E-state index in [-0.39, 0.29) is 12.5 Å². The number of aliphatic hydroxyl groups excluding tert-OH is 1. The van der Waals surface area contributed by atoms with E-state index in [2.05, 4.69) is 29.1 Å². The molecule has 1 aromatic heterocycles.